The van der Waals surface area contributed by atoms with Crippen LogP contribution in [0.4, 0.5) is 34.1 Å². The monoisotopic (exact) mass is 1820 g/mol. The van der Waals surface area contributed by atoms with Gasteiger partial charge in [0.15, 0.2) is 0 Å². The minimum atomic E-state index is -0.548. The second-order valence-electron chi connectivity index (χ2n) is 36.0. The zero-order valence-electron chi connectivity index (χ0n) is 74.0. The van der Waals surface area contributed by atoms with Crippen LogP contribution >= 0.6 is 31.9 Å². The van der Waals surface area contributed by atoms with Crippen LogP contribution in [-0.4, -0.2) is 0 Å². The fourth-order valence-electron chi connectivity index (χ4n) is 23.1. The van der Waals surface area contributed by atoms with Gasteiger partial charge in [-0.1, -0.05) is 455 Å². The predicted molar refractivity (Wildman–Crippen MR) is 567 cm³/mol. The van der Waals surface area contributed by atoms with Crippen LogP contribution < -0.4 is 9.80 Å². The summed E-state index contributed by atoms with van der Waals surface area (Å²) in [6.07, 6.45) is 0.932. The van der Waals surface area contributed by atoms with E-state index in [1.54, 1.807) is 0 Å². The van der Waals surface area contributed by atoms with Gasteiger partial charge in [-0.3, -0.25) is 0 Å². The summed E-state index contributed by atoms with van der Waals surface area (Å²) in [7, 11) is 0. The van der Waals surface area contributed by atoms with Crippen molar-refractivity contribution in [1.29, 1.82) is 0 Å². The smallest absolute Gasteiger partial charge is 0.0714 e. The number of halogens is 2. The van der Waals surface area contributed by atoms with E-state index >= 15 is 0 Å². The molecule has 3 aliphatic rings. The second-order valence-corrected chi connectivity index (χ2v) is 37.8. The lowest BCUT2D eigenvalue weighted by atomic mass is 9.67. The van der Waals surface area contributed by atoms with E-state index in [0.29, 0.717) is 0 Å². The number of benzene rings is 23. The van der Waals surface area contributed by atoms with Crippen molar-refractivity contribution in [3.8, 4) is 33.4 Å². The van der Waals surface area contributed by atoms with Gasteiger partial charge in [0.05, 0.1) is 27.6 Å². The molecule has 0 amide bonds. The lowest BCUT2D eigenvalue weighted by Gasteiger charge is -2.35. The first-order valence-corrected chi connectivity index (χ1v) is 47.7. The summed E-state index contributed by atoms with van der Waals surface area (Å²) in [6, 6.07) is 178. The molecule has 23 aromatic carbocycles. The Bertz CT molecular complexity index is 7940. The molecule has 0 atom stereocenters. The first-order chi connectivity index (χ1) is 65.5. The zero-order valence-corrected chi connectivity index (χ0v) is 77.1. The lowest BCUT2D eigenvalue weighted by Crippen LogP contribution is -2.29. The Hall–Kier alpha value is -15.3. The highest BCUT2D eigenvalue weighted by Crippen LogP contribution is 2.61. The van der Waals surface area contributed by atoms with Crippen LogP contribution in [0.5, 0.6) is 0 Å². The van der Waals surface area contributed by atoms with E-state index < -0.39 is 10.8 Å². The molecule has 0 N–H and O–H groups in total. The summed E-state index contributed by atoms with van der Waals surface area (Å²) in [6.45, 7) is 6.61. The van der Waals surface area contributed by atoms with Crippen LogP contribution in [0.3, 0.4) is 0 Å². The molecule has 0 fully saturated rings. The van der Waals surface area contributed by atoms with E-state index in [1.807, 2.05) is 0 Å². The van der Waals surface area contributed by atoms with Crippen molar-refractivity contribution in [2.45, 2.75) is 43.4 Å². The molecule has 0 heterocycles. The van der Waals surface area contributed by atoms with Crippen LogP contribution in [0.1, 0.15) is 94.6 Å². The van der Waals surface area contributed by atoms with Crippen LogP contribution in [0.2, 0.25) is 0 Å². The molecule has 23 aromatic rings. The van der Waals surface area contributed by atoms with E-state index in [2.05, 4.69) is 542 Å². The highest BCUT2D eigenvalue weighted by Gasteiger charge is 2.50. The summed E-state index contributed by atoms with van der Waals surface area (Å²) in [5.41, 5.74) is 35.1. The Morgan fingerprint density at radius 1 is 0.195 bits per heavy atom. The molecule has 133 heavy (non-hydrogen) atoms. The molecule has 2 nitrogen and oxygen atoms in total. The van der Waals surface area contributed by atoms with E-state index in [-0.39, 0.29) is 5.41 Å². The predicted octanol–water partition coefficient (Wildman–Crippen LogP) is 34.9. The van der Waals surface area contributed by atoms with Gasteiger partial charge in [-0.05, 0) is 265 Å². The third-order valence-electron chi connectivity index (χ3n) is 28.6. The van der Waals surface area contributed by atoms with Crippen molar-refractivity contribution >= 4 is 131 Å². The molecule has 26 rings (SSSR count). The van der Waals surface area contributed by atoms with Gasteiger partial charge in [0, 0.05) is 42.5 Å². The maximum Gasteiger partial charge on any atom is 0.0714 e. The fraction of sp³-hybridized carbons (Fsp3) is 0.0543. The van der Waals surface area contributed by atoms with E-state index in [9.17, 15) is 0 Å². The number of fused-ring (bicyclic) bond motifs is 9. The van der Waals surface area contributed by atoms with Gasteiger partial charge in [-0.2, -0.15) is 0 Å². The molecule has 0 aliphatic heterocycles. The van der Waals surface area contributed by atoms with Gasteiger partial charge in [0.1, 0.15) is 0 Å². The molecule has 0 spiro atoms. The highest BCUT2D eigenvalue weighted by atomic mass is 79.9. The molecular weight excluding hydrogens is 1740 g/mol. The van der Waals surface area contributed by atoms with Gasteiger partial charge >= 0.3 is 0 Å². The van der Waals surface area contributed by atoms with Gasteiger partial charge in [0.25, 0.3) is 0 Å². The summed E-state index contributed by atoms with van der Waals surface area (Å²) >= 11 is 7.30. The Balaban J connectivity index is 0.000000154. The number of hydrogen-bond acceptors (Lipinski definition) is 2. The van der Waals surface area contributed by atoms with Crippen molar-refractivity contribution in [1.82, 2.24) is 0 Å². The summed E-state index contributed by atoms with van der Waals surface area (Å²) in [4.78, 5) is 4.97. The number of rotatable bonds is 14. The fourth-order valence-corrected chi connectivity index (χ4v) is 24.0. The molecule has 630 valence electrons. The molecule has 3 aliphatic carbocycles. The number of nitrogens with zero attached hydrogens (tertiary/aromatic N) is 2. The molecule has 0 unspecified atom stereocenters. The van der Waals surface area contributed by atoms with E-state index in [0.717, 1.165) is 49.5 Å². The average Bonchev–Trinajstić information content (AvgIpc) is 1.58. The minimum Gasteiger partial charge on any atom is -0.310 e. The van der Waals surface area contributed by atoms with Crippen molar-refractivity contribution in [3.05, 3.63) is 583 Å². The Kier molecular flexibility index (Phi) is 20.1. The van der Waals surface area contributed by atoms with Crippen LogP contribution in [-0.2, 0) is 22.7 Å². The van der Waals surface area contributed by atoms with Gasteiger partial charge in [0.2, 0.25) is 0 Å². The summed E-state index contributed by atoms with van der Waals surface area (Å²) < 4.78 is 2.31. The summed E-state index contributed by atoms with van der Waals surface area (Å²) in [5.74, 6) is 0. The van der Waals surface area contributed by atoms with E-state index in [4.69, 9.17) is 0 Å². The molecule has 0 saturated carbocycles. The van der Waals surface area contributed by atoms with Crippen molar-refractivity contribution in [2.75, 3.05) is 9.80 Å². The van der Waals surface area contributed by atoms with Gasteiger partial charge in [-0.15, -0.1) is 0 Å². The number of aryl methyl sites for hydroxylation is 3. The first kappa shape index (κ1) is 81.0. The molecule has 4 heteroatoms. The molecular formula is C129H90Br2N2. The van der Waals surface area contributed by atoms with Crippen molar-refractivity contribution in [3.63, 3.8) is 0 Å². The lowest BCUT2D eigenvalue weighted by molar-refractivity contribution is 0.765. The molecule has 0 aromatic heterocycles. The number of hydrogen-bond donors (Lipinski definition) is 0. The van der Waals surface area contributed by atoms with Crippen molar-refractivity contribution < 1.29 is 0 Å². The Morgan fingerprint density at radius 3 is 0.782 bits per heavy atom. The van der Waals surface area contributed by atoms with Gasteiger partial charge in [-0.25, -0.2) is 0 Å². The maximum absolute atomic E-state index is 3.65. The summed E-state index contributed by atoms with van der Waals surface area (Å²) in [5, 5.41) is 15.2. The number of para-hydroxylation sites is 2. The average molecular weight is 1830 g/mol. The largest absolute Gasteiger partial charge is 0.310 e. The quantitative estimate of drug-likeness (QED) is 0.100. The normalized spacial score (nSPS) is 13.2. The van der Waals surface area contributed by atoms with Crippen LogP contribution in [0.25, 0.3) is 98.0 Å². The third-order valence-corrected chi connectivity index (χ3v) is 30.0. The van der Waals surface area contributed by atoms with Crippen LogP contribution in [0, 0.1) is 20.8 Å². The standard InChI is InChI=1S/C80H56N2.C33H26.C16H8Br2/c1-53-21-17-23-57(49-53)79(71-37-13-9-33-65(71)66-34-10-14-38-72(66)79)59-25-19-31-63(51-59)81(61-27-5-3-6-28-61)75-47-43-55-42-46-70-76(48-44-56-41-45-69(75)77(55)78(56)70)82(62-29-7-4-8-30-62)64-32-20-26-60(52-64)80(58-24-18-22-54(2)50-58)73-39-15-11-35-67(73)68-36-12-16-40-74(68)80;1-24-11-9-15-27(21-24)33(28-16-10-14-26(23-28)22-25-12-3-2-4-13-25)31-19-7-5-17-29(31)30-18-6-8-20-32(30)33;17-13-8-4-10-2-6-12-14(18)7-3-9-1-5-11(13)16(10)15(9)12/h3-52H,1-2H3;2-21,23H,22H2,1H3;1-8H. The van der Waals surface area contributed by atoms with Gasteiger partial charge < -0.3 is 9.80 Å². The highest BCUT2D eigenvalue weighted by molar-refractivity contribution is 9.11. The zero-order chi connectivity index (χ0) is 89.0. The third kappa shape index (κ3) is 13.1. The van der Waals surface area contributed by atoms with Crippen molar-refractivity contribution in [2.24, 2.45) is 0 Å². The minimum absolute atomic E-state index is 0.327. The maximum atomic E-state index is 3.65. The topological polar surface area (TPSA) is 6.48 Å². The second kappa shape index (κ2) is 33.0. The molecule has 0 radical (unpaired) electrons. The first-order valence-electron chi connectivity index (χ1n) is 46.1. The van der Waals surface area contributed by atoms with E-state index in [1.165, 1.54) is 193 Å². The SMILES string of the molecule is Brc1ccc2ccc3c(Br)ccc4ccc1c2c43.Cc1cccc(C2(c3cccc(Cc4ccccc4)c3)c3ccccc3-c3ccccc32)c1.Cc1cccc(C2(c3cccc(N(c4ccccc4)c4ccc5ccc6c(N(c7ccccc7)c7cccc(C8(c9cccc(C)c9)c9ccccc9-c9ccccc98)c7)ccc7ccc4c5c76)c3)c3ccccc3-c3ccccc32)c1. The molecule has 0 bridgehead atoms. The van der Waals surface area contributed by atoms with Crippen LogP contribution in [0.15, 0.2) is 488 Å². The number of anilines is 6. The Labute approximate surface area is 793 Å². The Morgan fingerprint density at radius 2 is 0.444 bits per heavy atom. The molecule has 0 saturated heterocycles.